The van der Waals surface area contributed by atoms with E-state index in [1.165, 1.54) is 12.2 Å². The summed E-state index contributed by atoms with van der Waals surface area (Å²) in [5.41, 5.74) is 0.530. The van der Waals surface area contributed by atoms with Crippen molar-refractivity contribution in [2.75, 3.05) is 13.4 Å². The number of fused-ring (bicyclic) bond motifs is 1. The maximum atomic E-state index is 11.6. The highest BCUT2D eigenvalue weighted by Crippen LogP contribution is 2.33. The van der Waals surface area contributed by atoms with Crippen LogP contribution in [0, 0.1) is 0 Å². The molecule has 98 valence electrons. The molecule has 2 rings (SSSR count). The van der Waals surface area contributed by atoms with Crippen LogP contribution in [-0.4, -0.2) is 25.4 Å². The lowest BCUT2D eigenvalue weighted by atomic mass is 10.1. The average Bonchev–Trinajstić information content (AvgIpc) is 2.86. The fourth-order valence-electron chi connectivity index (χ4n) is 1.55. The van der Waals surface area contributed by atoms with Gasteiger partial charge in [0.15, 0.2) is 17.2 Å². The number of benzene rings is 1. The number of rotatable bonds is 4. The minimum absolute atomic E-state index is 0.115. The van der Waals surface area contributed by atoms with E-state index in [1.807, 2.05) is 0 Å². The summed E-state index contributed by atoms with van der Waals surface area (Å²) in [5, 5.41) is 0. The molecule has 0 bridgehead atoms. The fourth-order valence-corrected chi connectivity index (χ4v) is 1.55. The first-order valence-corrected chi connectivity index (χ1v) is 5.61. The summed E-state index contributed by atoms with van der Waals surface area (Å²) < 4.78 is 15.2. The summed E-state index contributed by atoms with van der Waals surface area (Å²) in [7, 11) is 0. The molecule has 1 aromatic carbocycles. The third kappa shape index (κ3) is 3.00. The van der Waals surface area contributed by atoms with E-state index in [4.69, 9.17) is 14.2 Å². The van der Waals surface area contributed by atoms with Crippen LogP contribution in [0.4, 0.5) is 0 Å². The summed E-state index contributed by atoms with van der Waals surface area (Å²) in [6.07, 6.45) is 2.75. The van der Waals surface area contributed by atoms with Crippen LogP contribution in [0.2, 0.25) is 0 Å². The summed E-state index contributed by atoms with van der Waals surface area (Å²) in [6.45, 7) is 2.03. The van der Waals surface area contributed by atoms with E-state index in [1.54, 1.807) is 25.1 Å². The Bertz CT molecular complexity index is 572. The van der Waals surface area contributed by atoms with Crippen LogP contribution in [-0.2, 0) is 14.3 Å². The second kappa shape index (κ2) is 5.84. The Hall–Kier alpha value is -2.59. The van der Waals surface area contributed by atoms with Crippen LogP contribution in [0.25, 0.3) is 6.08 Å². The lowest BCUT2D eigenvalue weighted by Crippen LogP contribution is -2.05. The van der Waals surface area contributed by atoms with Crippen LogP contribution < -0.4 is 9.47 Å². The van der Waals surface area contributed by atoms with Crippen LogP contribution in [0.1, 0.15) is 12.5 Å². The molecule has 0 aromatic heterocycles. The van der Waals surface area contributed by atoms with E-state index in [2.05, 4.69) is 4.99 Å². The van der Waals surface area contributed by atoms with Gasteiger partial charge in [-0.2, -0.15) is 4.99 Å². The van der Waals surface area contributed by atoms with E-state index in [0.717, 1.165) is 0 Å². The zero-order chi connectivity index (χ0) is 13.7. The van der Waals surface area contributed by atoms with Crippen molar-refractivity contribution in [2.45, 2.75) is 6.92 Å². The molecule has 1 heterocycles. The van der Waals surface area contributed by atoms with Crippen LogP contribution in [0.15, 0.2) is 28.9 Å². The molecule has 0 saturated carbocycles. The van der Waals surface area contributed by atoms with E-state index >= 15 is 0 Å². The van der Waals surface area contributed by atoms with E-state index in [-0.39, 0.29) is 19.1 Å². The molecule has 1 aliphatic rings. The number of hydrogen-bond donors (Lipinski definition) is 0. The highest BCUT2D eigenvalue weighted by Gasteiger charge is 2.14. The lowest BCUT2D eigenvalue weighted by Gasteiger charge is -2.01. The van der Waals surface area contributed by atoms with Crippen LogP contribution >= 0.6 is 0 Å². The maximum Gasteiger partial charge on any atom is 0.357 e. The van der Waals surface area contributed by atoms with Crippen molar-refractivity contribution in [3.05, 3.63) is 29.5 Å². The predicted molar refractivity (Wildman–Crippen MR) is 65.3 cm³/mol. The second-order valence-electron chi connectivity index (χ2n) is 3.57. The lowest BCUT2D eigenvalue weighted by molar-refractivity contribution is -0.138. The summed E-state index contributed by atoms with van der Waals surface area (Å²) in [5.74, 6) is 0.532. The molecule has 6 nitrogen and oxygen atoms in total. The van der Waals surface area contributed by atoms with Gasteiger partial charge in [0.25, 0.3) is 0 Å². The molecule has 6 heteroatoms. The number of aliphatic imine (C=N–C) groups is 1. The van der Waals surface area contributed by atoms with Crippen LogP contribution in [0.3, 0.4) is 0 Å². The largest absolute Gasteiger partial charge is 0.461 e. The molecule has 1 aliphatic heterocycles. The van der Waals surface area contributed by atoms with Gasteiger partial charge in [-0.25, -0.2) is 9.59 Å². The fraction of sp³-hybridized carbons (Fsp3) is 0.231. The van der Waals surface area contributed by atoms with Gasteiger partial charge < -0.3 is 14.2 Å². The normalized spacial score (nSPS) is 12.8. The summed E-state index contributed by atoms with van der Waals surface area (Å²) in [4.78, 5) is 25.2. The standard InChI is InChI=1S/C13H11NO5/c1-2-17-13(16)10(14-7-15)5-9-3-4-11-12(6-9)19-8-18-11/h3-6H,2,8H2,1H3/b10-5-. The topological polar surface area (TPSA) is 74.2 Å². The Morgan fingerprint density at radius 3 is 3.00 bits per heavy atom. The zero-order valence-corrected chi connectivity index (χ0v) is 10.2. The Morgan fingerprint density at radius 2 is 2.26 bits per heavy atom. The molecular weight excluding hydrogens is 250 g/mol. The molecule has 0 atom stereocenters. The van der Waals surface area contributed by atoms with Gasteiger partial charge in [0, 0.05) is 0 Å². The smallest absolute Gasteiger partial charge is 0.357 e. The van der Waals surface area contributed by atoms with Gasteiger partial charge in [-0.05, 0) is 30.7 Å². The van der Waals surface area contributed by atoms with Crippen molar-refractivity contribution in [1.82, 2.24) is 0 Å². The highest BCUT2D eigenvalue weighted by atomic mass is 16.7. The molecule has 0 aliphatic carbocycles. The Balaban J connectivity index is 2.30. The Kier molecular flexibility index (Phi) is 3.95. The number of isocyanates is 1. The molecule has 0 amide bonds. The van der Waals surface area contributed by atoms with Gasteiger partial charge in [-0.3, -0.25) is 0 Å². The maximum absolute atomic E-state index is 11.6. The van der Waals surface area contributed by atoms with Crippen molar-refractivity contribution in [3.63, 3.8) is 0 Å². The number of esters is 1. The number of nitrogens with zero attached hydrogens (tertiary/aromatic N) is 1. The highest BCUT2D eigenvalue weighted by molar-refractivity contribution is 5.94. The van der Waals surface area contributed by atoms with Gasteiger partial charge in [0.2, 0.25) is 12.9 Å². The monoisotopic (exact) mass is 261 g/mol. The molecule has 0 fully saturated rings. The van der Waals surface area contributed by atoms with Crippen molar-refractivity contribution in [2.24, 2.45) is 4.99 Å². The predicted octanol–water partition coefficient (Wildman–Crippen LogP) is 1.66. The quantitative estimate of drug-likeness (QED) is 0.356. The van der Waals surface area contributed by atoms with Gasteiger partial charge in [0.1, 0.15) is 0 Å². The molecule has 0 spiro atoms. The Morgan fingerprint density at radius 1 is 1.47 bits per heavy atom. The van der Waals surface area contributed by atoms with Gasteiger partial charge >= 0.3 is 5.97 Å². The van der Waals surface area contributed by atoms with Crippen molar-refractivity contribution in [3.8, 4) is 11.5 Å². The van der Waals surface area contributed by atoms with E-state index in [9.17, 15) is 9.59 Å². The first-order chi connectivity index (χ1) is 9.24. The van der Waals surface area contributed by atoms with Gasteiger partial charge in [-0.1, -0.05) is 6.07 Å². The number of hydrogen-bond acceptors (Lipinski definition) is 6. The van der Waals surface area contributed by atoms with Crippen molar-refractivity contribution in [1.29, 1.82) is 0 Å². The summed E-state index contributed by atoms with van der Waals surface area (Å²) >= 11 is 0. The molecular formula is C13H11NO5. The molecule has 0 N–H and O–H groups in total. The van der Waals surface area contributed by atoms with Gasteiger partial charge in [0.05, 0.1) is 6.61 Å². The molecule has 0 radical (unpaired) electrons. The Labute approximate surface area is 109 Å². The number of ether oxygens (including phenoxy) is 3. The van der Waals surface area contributed by atoms with E-state index < -0.39 is 5.97 Å². The second-order valence-corrected chi connectivity index (χ2v) is 3.57. The molecule has 0 unspecified atom stereocenters. The van der Waals surface area contributed by atoms with Crippen molar-refractivity contribution < 1.29 is 23.8 Å². The third-order valence-corrected chi connectivity index (χ3v) is 2.35. The van der Waals surface area contributed by atoms with E-state index in [0.29, 0.717) is 17.1 Å². The van der Waals surface area contributed by atoms with Crippen molar-refractivity contribution >= 4 is 18.1 Å². The minimum atomic E-state index is -0.677. The first-order valence-electron chi connectivity index (χ1n) is 5.61. The number of carbonyl (C=O) groups is 1. The average molecular weight is 261 g/mol. The first kappa shape index (κ1) is 12.9. The molecule has 1 aromatic rings. The molecule has 19 heavy (non-hydrogen) atoms. The SMILES string of the molecule is CCOC(=O)/C(=C/c1ccc2c(c1)OCO2)N=C=O. The number of carbonyl (C=O) groups excluding carboxylic acids is 2. The molecule has 0 saturated heterocycles. The van der Waals surface area contributed by atoms with Gasteiger partial charge in [-0.15, -0.1) is 0 Å². The summed E-state index contributed by atoms with van der Waals surface area (Å²) in [6, 6.07) is 5.11. The zero-order valence-electron chi connectivity index (χ0n) is 10.2. The van der Waals surface area contributed by atoms with Crippen LogP contribution in [0.5, 0.6) is 11.5 Å². The third-order valence-electron chi connectivity index (χ3n) is 2.35. The minimum Gasteiger partial charge on any atom is -0.461 e.